The van der Waals surface area contributed by atoms with Crippen LogP contribution in [0.1, 0.15) is 12.8 Å². The van der Waals surface area contributed by atoms with Gasteiger partial charge in [0.1, 0.15) is 0 Å². The van der Waals surface area contributed by atoms with E-state index in [1.54, 1.807) is 7.76 Å². The molecular formula is C12H10O5Ti. The third-order valence-corrected chi connectivity index (χ3v) is 4.19. The SMILES string of the molecule is C1=CC[C]([Ti+2][C]2=CC=CC2)=C1.O=C([O-])OC(=O)[O-]. The van der Waals surface area contributed by atoms with E-state index in [0.717, 1.165) is 0 Å². The molecule has 0 spiro atoms. The van der Waals surface area contributed by atoms with Crippen LogP contribution in [0.15, 0.2) is 44.2 Å². The Kier molecular flexibility index (Phi) is 6.18. The molecule has 2 rings (SSSR count). The van der Waals surface area contributed by atoms with Crippen LogP contribution in [0, 0.1) is 0 Å². The minimum atomic E-state index is -2.12. The quantitative estimate of drug-likeness (QED) is 0.416. The monoisotopic (exact) mass is 282 g/mol. The zero-order chi connectivity index (χ0) is 13.4. The van der Waals surface area contributed by atoms with Crippen molar-refractivity contribution in [1.82, 2.24) is 0 Å². The summed E-state index contributed by atoms with van der Waals surface area (Å²) in [6, 6.07) is 0. The van der Waals surface area contributed by atoms with Crippen molar-refractivity contribution in [3.63, 3.8) is 0 Å². The predicted octanol–water partition coefficient (Wildman–Crippen LogP) is 0.446. The smallest absolute Gasteiger partial charge is 0.259 e. The first-order valence-electron chi connectivity index (χ1n) is 5.16. The average molecular weight is 282 g/mol. The number of carboxylic acid groups (broad SMARTS) is 2. The molecule has 0 saturated carbocycles. The summed E-state index contributed by atoms with van der Waals surface area (Å²) in [4.78, 5) is 18.1. The Bertz CT molecular complexity index is 405. The van der Waals surface area contributed by atoms with Gasteiger partial charge in [-0.05, 0) is 0 Å². The summed E-state index contributed by atoms with van der Waals surface area (Å²) in [5.41, 5.74) is 0. The van der Waals surface area contributed by atoms with Crippen LogP contribution in [0.2, 0.25) is 0 Å². The molecule has 92 valence electrons. The standard InChI is InChI=1S/2C5H5.C2H2O5.Ti/c2*1-2-4-5-3-1;3-1(4)7-2(5)6;/h2*1-3H,4H2;(H,3,4)(H,5,6);/q;;;+2/p-2. The van der Waals surface area contributed by atoms with E-state index in [1.165, 1.54) is 12.8 Å². The molecule has 0 bridgehead atoms. The van der Waals surface area contributed by atoms with Crippen molar-refractivity contribution < 1.29 is 43.7 Å². The van der Waals surface area contributed by atoms with Gasteiger partial charge in [0, 0.05) is 0 Å². The molecule has 0 amide bonds. The molecule has 0 radical (unpaired) electrons. The van der Waals surface area contributed by atoms with Crippen molar-refractivity contribution in [1.29, 1.82) is 0 Å². The van der Waals surface area contributed by atoms with Crippen molar-refractivity contribution >= 4 is 12.3 Å². The largest absolute Gasteiger partial charge is 0.483 e. The van der Waals surface area contributed by atoms with Gasteiger partial charge in [-0.1, -0.05) is 0 Å². The van der Waals surface area contributed by atoms with Crippen LogP contribution in [0.3, 0.4) is 0 Å². The van der Waals surface area contributed by atoms with E-state index < -0.39 is 12.3 Å². The number of rotatable bonds is 2. The fourth-order valence-electron chi connectivity index (χ4n) is 1.35. The molecule has 0 unspecified atom stereocenters. The Labute approximate surface area is 113 Å². The van der Waals surface area contributed by atoms with Crippen molar-refractivity contribution in [2.24, 2.45) is 0 Å². The minimum Gasteiger partial charge on any atom is -0.483 e. The summed E-state index contributed by atoms with van der Waals surface area (Å²) in [6.45, 7) is 0. The number of hydrogen-bond acceptors (Lipinski definition) is 5. The van der Waals surface area contributed by atoms with Gasteiger partial charge >= 0.3 is 76.2 Å². The van der Waals surface area contributed by atoms with Gasteiger partial charge in [0.2, 0.25) is 0 Å². The van der Waals surface area contributed by atoms with Crippen LogP contribution >= 0.6 is 0 Å². The maximum atomic E-state index is 9.06. The Hall–Kier alpha value is -1.59. The van der Waals surface area contributed by atoms with E-state index >= 15 is 0 Å². The molecule has 2 aliphatic rings. The minimum absolute atomic E-state index is 0.0833. The van der Waals surface area contributed by atoms with E-state index in [1.807, 2.05) is 0 Å². The van der Waals surface area contributed by atoms with E-state index in [4.69, 9.17) is 19.8 Å². The third kappa shape index (κ3) is 6.22. The third-order valence-electron chi connectivity index (χ3n) is 2.03. The van der Waals surface area contributed by atoms with Crippen molar-refractivity contribution in [3.05, 3.63) is 44.2 Å². The zero-order valence-electron chi connectivity index (χ0n) is 9.42. The molecule has 0 aromatic heterocycles. The number of hydrogen-bond donors (Lipinski definition) is 0. The molecule has 6 heteroatoms. The van der Waals surface area contributed by atoms with Gasteiger partial charge in [-0.2, -0.15) is 0 Å². The van der Waals surface area contributed by atoms with Gasteiger partial charge in [-0.25, -0.2) is 0 Å². The van der Waals surface area contributed by atoms with Crippen LogP contribution in [-0.4, -0.2) is 12.3 Å². The second-order valence-electron chi connectivity index (χ2n) is 3.38. The van der Waals surface area contributed by atoms with Crippen molar-refractivity contribution in [2.75, 3.05) is 0 Å². The van der Waals surface area contributed by atoms with E-state index in [9.17, 15) is 0 Å². The molecule has 18 heavy (non-hydrogen) atoms. The molecule has 0 saturated heterocycles. The van der Waals surface area contributed by atoms with Gasteiger partial charge < -0.3 is 24.5 Å². The topological polar surface area (TPSA) is 89.5 Å². The molecule has 0 fully saturated rings. The number of carbonyl (C=O) groups is 2. The van der Waals surface area contributed by atoms with Crippen molar-refractivity contribution in [2.45, 2.75) is 12.8 Å². The summed E-state index contributed by atoms with van der Waals surface area (Å²) in [6.07, 6.45) is 11.6. The molecule has 0 aromatic carbocycles. The van der Waals surface area contributed by atoms with E-state index in [-0.39, 0.29) is 19.2 Å². The summed E-state index contributed by atoms with van der Waals surface area (Å²) in [5.74, 6) is 0. The summed E-state index contributed by atoms with van der Waals surface area (Å²) in [5, 5.41) is 18.1. The Morgan fingerprint density at radius 1 is 1.00 bits per heavy atom. The molecular weight excluding hydrogens is 272 g/mol. The molecule has 0 heterocycles. The van der Waals surface area contributed by atoms with Crippen LogP contribution < -0.4 is 10.2 Å². The van der Waals surface area contributed by atoms with Gasteiger partial charge in [-0.15, -0.1) is 0 Å². The fourth-order valence-corrected chi connectivity index (χ4v) is 3.25. The molecule has 0 atom stereocenters. The maximum Gasteiger partial charge on any atom is 0.259 e. The summed E-state index contributed by atoms with van der Waals surface area (Å²) in [7, 11) is 0. The Morgan fingerprint density at radius 2 is 1.44 bits per heavy atom. The second-order valence-corrected chi connectivity index (χ2v) is 5.77. The molecule has 0 aromatic rings. The molecule has 2 aliphatic carbocycles. The normalized spacial score (nSPS) is 15.1. The summed E-state index contributed by atoms with van der Waals surface area (Å²) >= 11 is 0.0833. The first-order valence-corrected chi connectivity index (χ1v) is 6.72. The second kappa shape index (κ2) is 7.68. The Balaban J connectivity index is 0.000000203. The van der Waals surface area contributed by atoms with Crippen LogP contribution in [0.4, 0.5) is 9.59 Å². The number of allylic oxidation sites excluding steroid dienone is 8. The van der Waals surface area contributed by atoms with E-state index in [2.05, 4.69) is 41.2 Å². The summed E-state index contributed by atoms with van der Waals surface area (Å²) < 4.78 is 6.22. The average Bonchev–Trinajstić information content (AvgIpc) is 2.90. The molecule has 0 N–H and O–H groups in total. The van der Waals surface area contributed by atoms with Crippen molar-refractivity contribution in [3.8, 4) is 0 Å². The van der Waals surface area contributed by atoms with Gasteiger partial charge in [-0.3, -0.25) is 0 Å². The van der Waals surface area contributed by atoms with Crippen LogP contribution in [0.25, 0.3) is 0 Å². The number of carbonyl (C=O) groups excluding carboxylic acids is 2. The van der Waals surface area contributed by atoms with Gasteiger partial charge in [0.25, 0.3) is 12.3 Å². The zero-order valence-corrected chi connectivity index (χ0v) is 11.0. The van der Waals surface area contributed by atoms with Crippen LogP contribution in [-0.2, 0) is 23.9 Å². The van der Waals surface area contributed by atoms with Crippen LogP contribution in [0.5, 0.6) is 0 Å². The van der Waals surface area contributed by atoms with E-state index in [0.29, 0.717) is 0 Å². The first-order chi connectivity index (χ1) is 8.58. The van der Waals surface area contributed by atoms with Gasteiger partial charge in [0.15, 0.2) is 0 Å². The maximum absolute atomic E-state index is 9.06. The fraction of sp³-hybridized carbons (Fsp3) is 0.167. The molecule has 5 nitrogen and oxygen atoms in total. The predicted molar refractivity (Wildman–Crippen MR) is 55.6 cm³/mol. The Morgan fingerprint density at radius 3 is 1.67 bits per heavy atom. The first kappa shape index (κ1) is 14.5. The number of ether oxygens (including phenoxy) is 1. The molecule has 0 aliphatic heterocycles. The van der Waals surface area contributed by atoms with Gasteiger partial charge in [0.05, 0.1) is 0 Å².